The Morgan fingerprint density at radius 1 is 1.29 bits per heavy atom. The molecule has 2 rings (SSSR count). The van der Waals surface area contributed by atoms with Crippen LogP contribution < -0.4 is 4.72 Å². The fourth-order valence-corrected chi connectivity index (χ4v) is 4.82. The molecule has 0 aliphatic heterocycles. The third kappa shape index (κ3) is 3.75. The summed E-state index contributed by atoms with van der Waals surface area (Å²) >= 11 is 2.99. The third-order valence-corrected chi connectivity index (χ3v) is 5.91. The second-order valence-electron chi connectivity index (χ2n) is 5.02. The molecule has 0 atom stereocenters. The molecule has 1 heterocycles. The van der Waals surface area contributed by atoms with Gasteiger partial charge in [0.15, 0.2) is 4.60 Å². The highest BCUT2D eigenvalue weighted by atomic mass is 79.9. The van der Waals surface area contributed by atoms with Crippen molar-refractivity contribution in [2.75, 3.05) is 0 Å². The summed E-state index contributed by atoms with van der Waals surface area (Å²) in [6.45, 7) is 0. The first-order valence-corrected chi connectivity index (χ1v) is 8.53. The zero-order chi connectivity index (χ0) is 15.8. The number of hydrogen-bond acceptors (Lipinski definition) is 4. The van der Waals surface area contributed by atoms with E-state index in [1.54, 1.807) is 0 Å². The number of nitrogens with zero attached hydrogens (tertiary/aromatic N) is 3. The molecular formula is C10H14BrF3N4O2S. The Kier molecular flexibility index (Phi) is 4.64. The lowest BCUT2D eigenvalue weighted by atomic mass is 9.86. The average Bonchev–Trinajstić information content (AvgIpc) is 2.68. The van der Waals surface area contributed by atoms with Crippen LogP contribution in [-0.4, -0.2) is 35.6 Å². The van der Waals surface area contributed by atoms with Crippen LogP contribution in [0.15, 0.2) is 9.63 Å². The smallest absolute Gasteiger partial charge is 0.235 e. The first kappa shape index (κ1) is 16.7. The van der Waals surface area contributed by atoms with Crippen molar-refractivity contribution in [1.82, 2.24) is 19.7 Å². The van der Waals surface area contributed by atoms with Crippen LogP contribution in [0.4, 0.5) is 13.2 Å². The van der Waals surface area contributed by atoms with E-state index in [-0.39, 0.29) is 35.3 Å². The molecule has 1 N–H and O–H groups in total. The van der Waals surface area contributed by atoms with Gasteiger partial charge >= 0.3 is 6.18 Å². The van der Waals surface area contributed by atoms with E-state index in [1.165, 1.54) is 7.05 Å². The molecule has 0 aromatic carbocycles. The molecule has 0 unspecified atom stereocenters. The van der Waals surface area contributed by atoms with Crippen molar-refractivity contribution in [2.45, 2.75) is 42.9 Å². The minimum atomic E-state index is -4.21. The van der Waals surface area contributed by atoms with Crippen molar-refractivity contribution in [2.24, 2.45) is 13.0 Å². The van der Waals surface area contributed by atoms with Crippen molar-refractivity contribution >= 4 is 26.0 Å². The van der Waals surface area contributed by atoms with E-state index in [1.807, 2.05) is 0 Å². The minimum Gasteiger partial charge on any atom is -0.235 e. The van der Waals surface area contributed by atoms with Crippen LogP contribution in [0, 0.1) is 5.92 Å². The Balaban J connectivity index is 2.04. The number of hydrogen-bond donors (Lipinski definition) is 1. The molecule has 11 heteroatoms. The molecule has 0 radical (unpaired) electrons. The molecule has 0 amide bonds. The second-order valence-corrected chi connectivity index (χ2v) is 7.40. The van der Waals surface area contributed by atoms with Crippen molar-refractivity contribution < 1.29 is 21.6 Å². The Morgan fingerprint density at radius 2 is 1.86 bits per heavy atom. The normalized spacial score (nSPS) is 24.2. The van der Waals surface area contributed by atoms with Gasteiger partial charge in [0.05, 0.1) is 5.92 Å². The SMILES string of the molecule is Cn1nnc(Br)c1S(=O)(=O)NC1CCC(C(F)(F)F)CC1. The summed E-state index contributed by atoms with van der Waals surface area (Å²) in [7, 11) is -2.45. The van der Waals surface area contributed by atoms with E-state index >= 15 is 0 Å². The highest BCUT2D eigenvalue weighted by Gasteiger charge is 2.42. The number of rotatable bonds is 3. The van der Waals surface area contributed by atoms with Gasteiger partial charge in [-0.15, -0.1) is 5.10 Å². The van der Waals surface area contributed by atoms with Crippen molar-refractivity contribution in [3.8, 4) is 0 Å². The second kappa shape index (κ2) is 5.84. The number of alkyl halides is 3. The Bertz CT molecular complexity index is 589. The molecule has 1 fully saturated rings. The largest absolute Gasteiger partial charge is 0.391 e. The molecule has 0 spiro atoms. The molecule has 120 valence electrons. The highest BCUT2D eigenvalue weighted by Crippen LogP contribution is 2.37. The molecule has 1 aliphatic rings. The van der Waals surface area contributed by atoms with Crippen LogP contribution in [0.5, 0.6) is 0 Å². The summed E-state index contributed by atoms with van der Waals surface area (Å²) in [5.74, 6) is -1.34. The van der Waals surface area contributed by atoms with Gasteiger partial charge in [-0.25, -0.2) is 17.8 Å². The van der Waals surface area contributed by atoms with E-state index in [2.05, 4.69) is 31.0 Å². The maximum absolute atomic E-state index is 12.6. The van der Waals surface area contributed by atoms with Gasteiger partial charge in [-0.2, -0.15) is 13.2 Å². The Hall–Kier alpha value is -0.680. The fraction of sp³-hybridized carbons (Fsp3) is 0.800. The number of sulfonamides is 1. The van der Waals surface area contributed by atoms with Crippen LogP contribution >= 0.6 is 15.9 Å². The molecule has 1 aromatic rings. The summed E-state index contributed by atoms with van der Waals surface area (Å²) in [4.78, 5) is 0. The van der Waals surface area contributed by atoms with Crippen LogP contribution in [0.3, 0.4) is 0 Å². The quantitative estimate of drug-likeness (QED) is 0.855. The van der Waals surface area contributed by atoms with Crippen molar-refractivity contribution in [3.05, 3.63) is 4.60 Å². The zero-order valence-electron chi connectivity index (χ0n) is 11.1. The van der Waals surface area contributed by atoms with E-state index in [4.69, 9.17) is 0 Å². The van der Waals surface area contributed by atoms with Crippen LogP contribution in [0.25, 0.3) is 0 Å². The summed E-state index contributed by atoms with van der Waals surface area (Å²) in [5.41, 5.74) is 0. The topological polar surface area (TPSA) is 76.9 Å². The van der Waals surface area contributed by atoms with Gasteiger partial charge in [0.1, 0.15) is 0 Å². The molecule has 1 saturated carbocycles. The van der Waals surface area contributed by atoms with Crippen LogP contribution in [0.1, 0.15) is 25.7 Å². The van der Waals surface area contributed by atoms with E-state index in [0.717, 1.165) is 4.68 Å². The highest BCUT2D eigenvalue weighted by molar-refractivity contribution is 9.10. The Morgan fingerprint density at radius 3 is 2.29 bits per heavy atom. The lowest BCUT2D eigenvalue weighted by Gasteiger charge is -2.30. The zero-order valence-corrected chi connectivity index (χ0v) is 13.5. The van der Waals surface area contributed by atoms with Crippen LogP contribution in [-0.2, 0) is 17.1 Å². The maximum atomic E-state index is 12.6. The first-order chi connectivity index (χ1) is 9.61. The first-order valence-electron chi connectivity index (χ1n) is 6.25. The fourth-order valence-electron chi connectivity index (χ4n) is 2.42. The predicted molar refractivity (Wildman–Crippen MR) is 70.8 cm³/mol. The standard InChI is InChI=1S/C10H14BrF3N4O2S/c1-18-9(8(11)15-17-18)21(19,20)16-7-4-2-6(3-5-7)10(12,13)14/h6-7,16H,2-5H2,1H3. The molecule has 1 aliphatic carbocycles. The molecule has 6 nitrogen and oxygen atoms in total. The van der Waals surface area contributed by atoms with E-state index in [0.29, 0.717) is 0 Å². The van der Waals surface area contributed by atoms with Gasteiger partial charge in [-0.3, -0.25) is 0 Å². The number of aryl methyl sites for hydroxylation is 1. The average molecular weight is 391 g/mol. The summed E-state index contributed by atoms with van der Waals surface area (Å²) < 4.78 is 65.7. The number of halogens is 4. The van der Waals surface area contributed by atoms with Crippen molar-refractivity contribution in [3.63, 3.8) is 0 Å². The van der Waals surface area contributed by atoms with Crippen LogP contribution in [0.2, 0.25) is 0 Å². The van der Waals surface area contributed by atoms with E-state index in [9.17, 15) is 21.6 Å². The molecule has 21 heavy (non-hydrogen) atoms. The van der Waals surface area contributed by atoms with Gasteiger partial charge in [0.25, 0.3) is 10.0 Å². The minimum absolute atomic E-state index is 0.0680. The Labute approximate surface area is 128 Å². The van der Waals surface area contributed by atoms with Gasteiger partial charge in [-0.05, 0) is 41.6 Å². The molecule has 0 bridgehead atoms. The number of aromatic nitrogens is 3. The predicted octanol–water partition coefficient (Wildman–Crippen LogP) is 1.98. The summed E-state index contributed by atoms with van der Waals surface area (Å²) in [6, 6.07) is -0.504. The third-order valence-electron chi connectivity index (χ3n) is 3.50. The van der Waals surface area contributed by atoms with Gasteiger partial charge in [0, 0.05) is 13.1 Å². The van der Waals surface area contributed by atoms with Gasteiger partial charge < -0.3 is 0 Å². The molecular weight excluding hydrogens is 377 g/mol. The lowest BCUT2D eigenvalue weighted by molar-refractivity contribution is -0.182. The van der Waals surface area contributed by atoms with Gasteiger partial charge in [-0.1, -0.05) is 5.21 Å². The molecule has 1 aromatic heterocycles. The van der Waals surface area contributed by atoms with E-state index < -0.39 is 28.2 Å². The lowest BCUT2D eigenvalue weighted by Crippen LogP contribution is -2.40. The monoisotopic (exact) mass is 390 g/mol. The summed E-state index contributed by atoms with van der Waals surface area (Å²) in [6.07, 6.45) is -4.03. The van der Waals surface area contributed by atoms with Crippen molar-refractivity contribution in [1.29, 1.82) is 0 Å². The molecule has 0 saturated heterocycles. The summed E-state index contributed by atoms with van der Waals surface area (Å²) in [5, 5.41) is 7.01. The van der Waals surface area contributed by atoms with Gasteiger partial charge in [0.2, 0.25) is 5.03 Å². The maximum Gasteiger partial charge on any atom is 0.391 e. The number of nitrogens with one attached hydrogen (secondary N) is 1.